The first-order valence-electron chi connectivity index (χ1n) is 7.78. The third-order valence-electron chi connectivity index (χ3n) is 3.57. The van der Waals surface area contributed by atoms with E-state index in [1.165, 1.54) is 0 Å². The SMILES string of the molecule is CCSc1ccccc1C(=O)NCC[C@H](O)c1cc(C)oc1C. The number of thioether (sulfide) groups is 1. The van der Waals surface area contributed by atoms with Crippen LogP contribution < -0.4 is 5.32 Å². The van der Waals surface area contributed by atoms with Gasteiger partial charge >= 0.3 is 0 Å². The smallest absolute Gasteiger partial charge is 0.252 e. The van der Waals surface area contributed by atoms with Crippen molar-refractivity contribution >= 4 is 17.7 Å². The highest BCUT2D eigenvalue weighted by Crippen LogP contribution is 2.24. The molecular formula is C18H23NO3S. The molecule has 1 amide bonds. The molecule has 0 aliphatic rings. The molecule has 0 unspecified atom stereocenters. The van der Waals surface area contributed by atoms with Crippen molar-refractivity contribution < 1.29 is 14.3 Å². The van der Waals surface area contributed by atoms with E-state index in [-0.39, 0.29) is 5.91 Å². The van der Waals surface area contributed by atoms with Crippen LogP contribution in [0.2, 0.25) is 0 Å². The lowest BCUT2D eigenvalue weighted by molar-refractivity contribution is 0.0939. The number of hydrogen-bond acceptors (Lipinski definition) is 4. The standard InChI is InChI=1S/C18H23NO3S/c1-4-23-17-8-6-5-7-14(17)18(21)19-10-9-16(20)15-11-12(2)22-13(15)3/h5-8,11,16,20H,4,9-10H2,1-3H3,(H,19,21)/t16-/m0/s1. The van der Waals surface area contributed by atoms with Crippen molar-refractivity contribution in [2.45, 2.75) is 38.2 Å². The van der Waals surface area contributed by atoms with Crippen LogP contribution in [0.4, 0.5) is 0 Å². The molecule has 1 heterocycles. The average molecular weight is 333 g/mol. The molecule has 4 nitrogen and oxygen atoms in total. The Kier molecular flexibility index (Phi) is 6.30. The van der Waals surface area contributed by atoms with Crippen LogP contribution in [0.15, 0.2) is 39.6 Å². The summed E-state index contributed by atoms with van der Waals surface area (Å²) in [7, 11) is 0. The zero-order valence-electron chi connectivity index (χ0n) is 13.8. The lowest BCUT2D eigenvalue weighted by Crippen LogP contribution is -2.26. The highest BCUT2D eigenvalue weighted by Gasteiger charge is 2.15. The van der Waals surface area contributed by atoms with Crippen LogP contribution in [0.5, 0.6) is 0 Å². The maximum absolute atomic E-state index is 12.3. The number of hydrogen-bond donors (Lipinski definition) is 2. The molecule has 23 heavy (non-hydrogen) atoms. The van der Waals surface area contributed by atoms with Crippen LogP contribution in [0.3, 0.4) is 0 Å². The third-order valence-corrected chi connectivity index (χ3v) is 4.53. The van der Waals surface area contributed by atoms with Crippen molar-refractivity contribution in [2.24, 2.45) is 0 Å². The van der Waals surface area contributed by atoms with Crippen LogP contribution in [0.1, 0.15) is 46.9 Å². The van der Waals surface area contributed by atoms with Gasteiger partial charge in [0.25, 0.3) is 5.91 Å². The quantitative estimate of drug-likeness (QED) is 0.755. The number of aryl methyl sites for hydroxylation is 2. The topological polar surface area (TPSA) is 62.5 Å². The van der Waals surface area contributed by atoms with Gasteiger partial charge in [-0.15, -0.1) is 11.8 Å². The molecule has 1 aromatic heterocycles. The fourth-order valence-electron chi connectivity index (χ4n) is 2.49. The highest BCUT2D eigenvalue weighted by atomic mass is 32.2. The van der Waals surface area contributed by atoms with Gasteiger partial charge in [0.15, 0.2) is 0 Å². The Morgan fingerprint density at radius 3 is 2.74 bits per heavy atom. The fraction of sp³-hybridized carbons (Fsp3) is 0.389. The molecule has 0 saturated carbocycles. The summed E-state index contributed by atoms with van der Waals surface area (Å²) in [5.41, 5.74) is 1.47. The van der Waals surface area contributed by atoms with Gasteiger partial charge in [-0.3, -0.25) is 4.79 Å². The van der Waals surface area contributed by atoms with Gasteiger partial charge < -0.3 is 14.8 Å². The van der Waals surface area contributed by atoms with Crippen molar-refractivity contribution in [2.75, 3.05) is 12.3 Å². The summed E-state index contributed by atoms with van der Waals surface area (Å²) in [4.78, 5) is 13.3. The Hall–Kier alpha value is -1.72. The predicted octanol–water partition coefficient (Wildman–Crippen LogP) is 3.86. The molecule has 1 aromatic carbocycles. The van der Waals surface area contributed by atoms with Gasteiger partial charge in [0.05, 0.1) is 11.7 Å². The summed E-state index contributed by atoms with van der Waals surface area (Å²) >= 11 is 1.65. The van der Waals surface area contributed by atoms with E-state index in [0.29, 0.717) is 18.5 Å². The molecule has 0 radical (unpaired) electrons. The zero-order chi connectivity index (χ0) is 16.8. The van der Waals surface area contributed by atoms with Crippen molar-refractivity contribution in [1.82, 2.24) is 5.32 Å². The monoisotopic (exact) mass is 333 g/mol. The van der Waals surface area contributed by atoms with Gasteiger partial charge in [-0.25, -0.2) is 0 Å². The Labute approximate surface area is 141 Å². The number of aliphatic hydroxyl groups is 1. The molecule has 2 aromatic rings. The third kappa shape index (κ3) is 4.62. The van der Waals surface area contributed by atoms with Gasteiger partial charge in [0, 0.05) is 17.0 Å². The van der Waals surface area contributed by atoms with E-state index < -0.39 is 6.10 Å². The van der Waals surface area contributed by atoms with E-state index in [9.17, 15) is 9.90 Å². The van der Waals surface area contributed by atoms with Crippen LogP contribution in [-0.2, 0) is 0 Å². The average Bonchev–Trinajstić information content (AvgIpc) is 2.86. The lowest BCUT2D eigenvalue weighted by Gasteiger charge is -2.12. The Balaban J connectivity index is 1.91. The van der Waals surface area contributed by atoms with E-state index in [2.05, 4.69) is 12.2 Å². The number of benzene rings is 1. The number of carbonyl (C=O) groups is 1. The number of aliphatic hydroxyl groups excluding tert-OH is 1. The van der Waals surface area contributed by atoms with Crippen LogP contribution in [-0.4, -0.2) is 23.3 Å². The summed E-state index contributed by atoms with van der Waals surface area (Å²) in [6, 6.07) is 9.42. The first-order valence-corrected chi connectivity index (χ1v) is 8.76. The second kappa shape index (κ2) is 8.22. The number of nitrogens with one attached hydrogen (secondary N) is 1. The molecule has 124 valence electrons. The largest absolute Gasteiger partial charge is 0.466 e. The van der Waals surface area contributed by atoms with Gasteiger partial charge in [-0.2, -0.15) is 0 Å². The number of furan rings is 1. The summed E-state index contributed by atoms with van der Waals surface area (Å²) in [5, 5.41) is 13.1. The summed E-state index contributed by atoms with van der Waals surface area (Å²) < 4.78 is 5.42. The molecule has 0 aliphatic carbocycles. The first kappa shape index (κ1) is 17.6. The summed E-state index contributed by atoms with van der Waals surface area (Å²) in [6.07, 6.45) is -0.178. The normalized spacial score (nSPS) is 12.2. The second-order valence-corrected chi connectivity index (χ2v) is 6.66. The summed E-state index contributed by atoms with van der Waals surface area (Å²) in [5.74, 6) is 2.33. The maximum atomic E-state index is 12.3. The van der Waals surface area contributed by atoms with Crippen molar-refractivity contribution in [1.29, 1.82) is 0 Å². The molecule has 2 rings (SSSR count). The molecule has 0 aliphatic heterocycles. The zero-order valence-corrected chi connectivity index (χ0v) is 14.6. The number of rotatable bonds is 7. The minimum Gasteiger partial charge on any atom is -0.466 e. The minimum atomic E-state index is -0.631. The molecule has 2 N–H and O–H groups in total. The molecule has 0 saturated heterocycles. The van der Waals surface area contributed by atoms with Crippen molar-refractivity contribution in [3.8, 4) is 0 Å². The maximum Gasteiger partial charge on any atom is 0.252 e. The fourth-order valence-corrected chi connectivity index (χ4v) is 3.29. The van der Waals surface area contributed by atoms with Crippen molar-refractivity contribution in [3.05, 3.63) is 53.0 Å². The van der Waals surface area contributed by atoms with Crippen LogP contribution >= 0.6 is 11.8 Å². The van der Waals surface area contributed by atoms with Gasteiger partial charge in [-0.1, -0.05) is 19.1 Å². The molecule has 0 fully saturated rings. The number of amides is 1. The van der Waals surface area contributed by atoms with Crippen LogP contribution in [0.25, 0.3) is 0 Å². The van der Waals surface area contributed by atoms with E-state index >= 15 is 0 Å². The highest BCUT2D eigenvalue weighted by molar-refractivity contribution is 7.99. The van der Waals surface area contributed by atoms with Gasteiger partial charge in [0.1, 0.15) is 11.5 Å². The molecule has 0 bridgehead atoms. The predicted molar refractivity (Wildman–Crippen MR) is 92.9 cm³/mol. The lowest BCUT2D eigenvalue weighted by atomic mass is 10.1. The van der Waals surface area contributed by atoms with E-state index in [1.54, 1.807) is 11.8 Å². The Morgan fingerprint density at radius 2 is 2.09 bits per heavy atom. The number of carbonyl (C=O) groups excluding carboxylic acids is 1. The molecule has 0 spiro atoms. The van der Waals surface area contributed by atoms with Gasteiger partial charge in [-0.05, 0) is 44.2 Å². The van der Waals surface area contributed by atoms with Gasteiger partial charge in [0.2, 0.25) is 0 Å². The van der Waals surface area contributed by atoms with Crippen LogP contribution in [0, 0.1) is 13.8 Å². The van der Waals surface area contributed by atoms with E-state index in [1.807, 2.05) is 44.2 Å². The molecule has 5 heteroatoms. The Morgan fingerprint density at radius 1 is 1.35 bits per heavy atom. The molecular weight excluding hydrogens is 310 g/mol. The van der Waals surface area contributed by atoms with Crippen molar-refractivity contribution in [3.63, 3.8) is 0 Å². The first-order chi connectivity index (χ1) is 11.0. The minimum absolute atomic E-state index is 0.103. The van der Waals surface area contributed by atoms with E-state index in [4.69, 9.17) is 4.42 Å². The Bertz CT molecular complexity index is 666. The second-order valence-electron chi connectivity index (χ2n) is 5.36. The molecule has 1 atom stereocenters. The van der Waals surface area contributed by atoms with E-state index in [0.717, 1.165) is 27.7 Å². The summed E-state index contributed by atoms with van der Waals surface area (Å²) in [6.45, 7) is 6.16.